The summed E-state index contributed by atoms with van der Waals surface area (Å²) in [6, 6.07) is 0. The number of hydrogen-bond donors (Lipinski definition) is 3. The van der Waals surface area contributed by atoms with Crippen molar-refractivity contribution < 1.29 is 10.2 Å². The van der Waals surface area contributed by atoms with Crippen LogP contribution in [0.4, 0.5) is 0 Å². The Bertz CT molecular complexity index is 188. The first kappa shape index (κ1) is 8.03. The second-order valence-electron chi connectivity index (χ2n) is 2.11. The Hall–Kier alpha value is -1.07. The molecule has 0 aliphatic carbocycles. The van der Waals surface area contributed by atoms with Crippen LogP contribution in [0.25, 0.3) is 0 Å². The number of rotatable bonds is 2. The van der Waals surface area contributed by atoms with Gasteiger partial charge in [-0.15, -0.1) is 0 Å². The zero-order valence-corrected chi connectivity index (χ0v) is 6.23. The standard InChI is InChI=1S/C6H11N3O2/c1-2-9-4-3-5(6(10)11)7-8-9/h3-4,6,8,10-11H,2H2,1H3. The van der Waals surface area contributed by atoms with Crippen LogP contribution in [0, 0.1) is 0 Å². The van der Waals surface area contributed by atoms with E-state index in [1.165, 1.54) is 0 Å². The van der Waals surface area contributed by atoms with E-state index in [2.05, 4.69) is 10.6 Å². The predicted octanol–water partition coefficient (Wildman–Crippen LogP) is -0.993. The van der Waals surface area contributed by atoms with Crippen molar-refractivity contribution in [3.05, 3.63) is 12.3 Å². The molecule has 3 N–H and O–H groups in total. The SMILES string of the molecule is CCN1C=CC(C(O)O)=NN1. The van der Waals surface area contributed by atoms with Crippen LogP contribution < -0.4 is 5.53 Å². The third kappa shape index (κ3) is 1.92. The van der Waals surface area contributed by atoms with Crippen LogP contribution in [0.15, 0.2) is 17.4 Å². The number of hydrazine groups is 1. The second-order valence-corrected chi connectivity index (χ2v) is 2.11. The molecule has 0 amide bonds. The molecule has 0 aromatic rings. The fraction of sp³-hybridized carbons (Fsp3) is 0.500. The highest BCUT2D eigenvalue weighted by atomic mass is 16.5. The van der Waals surface area contributed by atoms with E-state index in [-0.39, 0.29) is 5.71 Å². The topological polar surface area (TPSA) is 68.1 Å². The summed E-state index contributed by atoms with van der Waals surface area (Å²) < 4.78 is 0. The number of hydrogen-bond acceptors (Lipinski definition) is 5. The zero-order valence-electron chi connectivity index (χ0n) is 6.23. The molecule has 1 rings (SSSR count). The number of aliphatic hydroxyl groups excluding tert-OH is 1. The van der Waals surface area contributed by atoms with Crippen molar-refractivity contribution in [3.63, 3.8) is 0 Å². The van der Waals surface area contributed by atoms with Gasteiger partial charge in [0, 0.05) is 12.7 Å². The van der Waals surface area contributed by atoms with Crippen LogP contribution in [0.3, 0.4) is 0 Å². The van der Waals surface area contributed by atoms with Crippen molar-refractivity contribution in [3.8, 4) is 0 Å². The van der Waals surface area contributed by atoms with Gasteiger partial charge in [0.2, 0.25) is 0 Å². The Morgan fingerprint density at radius 2 is 2.45 bits per heavy atom. The van der Waals surface area contributed by atoms with Gasteiger partial charge in [-0.1, -0.05) is 0 Å². The molecule has 0 atom stereocenters. The minimum atomic E-state index is -1.50. The fourth-order valence-corrected chi connectivity index (χ4v) is 0.679. The highest BCUT2D eigenvalue weighted by Crippen LogP contribution is 1.95. The van der Waals surface area contributed by atoms with Gasteiger partial charge in [-0.25, -0.2) is 5.53 Å². The van der Waals surface area contributed by atoms with E-state index in [0.29, 0.717) is 0 Å². The predicted molar refractivity (Wildman–Crippen MR) is 40.3 cm³/mol. The highest BCUT2D eigenvalue weighted by molar-refractivity contribution is 5.97. The Balaban J connectivity index is 2.53. The summed E-state index contributed by atoms with van der Waals surface area (Å²) in [5, 5.41) is 22.7. The number of nitrogens with zero attached hydrogens (tertiary/aromatic N) is 2. The molecule has 0 aromatic carbocycles. The van der Waals surface area contributed by atoms with Gasteiger partial charge in [-0.3, -0.25) is 5.01 Å². The first-order valence-electron chi connectivity index (χ1n) is 3.38. The third-order valence-corrected chi connectivity index (χ3v) is 1.34. The minimum Gasteiger partial charge on any atom is -0.363 e. The van der Waals surface area contributed by atoms with Crippen molar-refractivity contribution >= 4 is 5.71 Å². The number of hydrazone groups is 1. The lowest BCUT2D eigenvalue weighted by Gasteiger charge is -2.21. The van der Waals surface area contributed by atoms with Crippen LogP contribution in [0.5, 0.6) is 0 Å². The molecule has 5 nitrogen and oxygen atoms in total. The Kier molecular flexibility index (Phi) is 2.45. The van der Waals surface area contributed by atoms with E-state index in [1.54, 1.807) is 17.3 Å². The van der Waals surface area contributed by atoms with Gasteiger partial charge in [0.15, 0.2) is 6.29 Å². The van der Waals surface area contributed by atoms with Crippen molar-refractivity contribution in [1.29, 1.82) is 0 Å². The molecule has 1 heterocycles. The first-order chi connectivity index (χ1) is 5.24. The molecule has 0 bridgehead atoms. The summed E-state index contributed by atoms with van der Waals surface area (Å²) in [7, 11) is 0. The van der Waals surface area contributed by atoms with E-state index < -0.39 is 6.29 Å². The van der Waals surface area contributed by atoms with Gasteiger partial charge in [-0.2, -0.15) is 5.10 Å². The summed E-state index contributed by atoms with van der Waals surface area (Å²) in [5.41, 5.74) is 2.83. The lowest BCUT2D eigenvalue weighted by atomic mass is 10.3. The summed E-state index contributed by atoms with van der Waals surface area (Å²) >= 11 is 0. The number of aliphatic hydroxyl groups is 2. The van der Waals surface area contributed by atoms with Crippen molar-refractivity contribution in [2.75, 3.05) is 6.54 Å². The van der Waals surface area contributed by atoms with Crippen LogP contribution >= 0.6 is 0 Å². The van der Waals surface area contributed by atoms with Crippen LogP contribution in [0.2, 0.25) is 0 Å². The minimum absolute atomic E-state index is 0.217. The molecule has 0 saturated heterocycles. The number of nitrogens with one attached hydrogen (secondary N) is 1. The molecule has 0 fully saturated rings. The van der Waals surface area contributed by atoms with Crippen molar-refractivity contribution in [1.82, 2.24) is 10.5 Å². The smallest absolute Gasteiger partial charge is 0.197 e. The maximum absolute atomic E-state index is 8.65. The first-order valence-corrected chi connectivity index (χ1v) is 3.38. The molecule has 0 saturated carbocycles. The Morgan fingerprint density at radius 1 is 1.73 bits per heavy atom. The molecule has 0 spiro atoms. The summed E-state index contributed by atoms with van der Waals surface area (Å²) in [5.74, 6) is 0. The maximum Gasteiger partial charge on any atom is 0.197 e. The van der Waals surface area contributed by atoms with Crippen LogP contribution in [-0.2, 0) is 0 Å². The van der Waals surface area contributed by atoms with E-state index in [4.69, 9.17) is 10.2 Å². The molecular formula is C6H11N3O2. The zero-order chi connectivity index (χ0) is 8.27. The maximum atomic E-state index is 8.65. The average molecular weight is 157 g/mol. The Labute approximate surface area is 64.6 Å². The Morgan fingerprint density at radius 3 is 2.82 bits per heavy atom. The molecule has 11 heavy (non-hydrogen) atoms. The van der Waals surface area contributed by atoms with Gasteiger partial charge in [0.05, 0.1) is 0 Å². The molecule has 0 aromatic heterocycles. The lowest BCUT2D eigenvalue weighted by Crippen LogP contribution is -2.35. The van der Waals surface area contributed by atoms with E-state index in [1.807, 2.05) is 6.92 Å². The molecule has 5 heteroatoms. The summed E-state index contributed by atoms with van der Waals surface area (Å²) in [4.78, 5) is 0. The summed E-state index contributed by atoms with van der Waals surface area (Å²) in [6.45, 7) is 2.72. The molecule has 1 aliphatic rings. The van der Waals surface area contributed by atoms with Crippen LogP contribution in [0.1, 0.15) is 6.92 Å². The average Bonchev–Trinajstić information content (AvgIpc) is 2.05. The van der Waals surface area contributed by atoms with E-state index in [0.717, 1.165) is 6.54 Å². The summed E-state index contributed by atoms with van der Waals surface area (Å²) in [6.07, 6.45) is 1.74. The van der Waals surface area contributed by atoms with Gasteiger partial charge >= 0.3 is 0 Å². The highest BCUT2D eigenvalue weighted by Gasteiger charge is 2.09. The largest absolute Gasteiger partial charge is 0.363 e. The van der Waals surface area contributed by atoms with Gasteiger partial charge in [0.25, 0.3) is 0 Å². The fourth-order valence-electron chi connectivity index (χ4n) is 0.679. The molecule has 62 valence electrons. The second kappa shape index (κ2) is 3.36. The molecule has 0 radical (unpaired) electrons. The van der Waals surface area contributed by atoms with Crippen molar-refractivity contribution in [2.45, 2.75) is 13.2 Å². The monoisotopic (exact) mass is 157 g/mol. The lowest BCUT2D eigenvalue weighted by molar-refractivity contribution is 0.0190. The molecular weight excluding hydrogens is 146 g/mol. The van der Waals surface area contributed by atoms with Gasteiger partial charge in [-0.05, 0) is 13.0 Å². The van der Waals surface area contributed by atoms with Crippen molar-refractivity contribution in [2.24, 2.45) is 5.10 Å². The third-order valence-electron chi connectivity index (χ3n) is 1.34. The molecule has 0 unspecified atom stereocenters. The van der Waals surface area contributed by atoms with E-state index >= 15 is 0 Å². The van der Waals surface area contributed by atoms with E-state index in [9.17, 15) is 0 Å². The quantitative estimate of drug-likeness (QED) is 0.450. The van der Waals surface area contributed by atoms with Gasteiger partial charge in [0.1, 0.15) is 5.71 Å². The van der Waals surface area contributed by atoms with Crippen LogP contribution in [-0.4, -0.2) is 33.8 Å². The van der Waals surface area contributed by atoms with Gasteiger partial charge < -0.3 is 10.2 Å². The normalized spacial score (nSPS) is 16.7. The molecule has 1 aliphatic heterocycles.